The van der Waals surface area contributed by atoms with Crippen LogP contribution in [0.25, 0.3) is 17.2 Å². The van der Waals surface area contributed by atoms with Crippen LogP contribution < -0.4 is 9.80 Å². The Morgan fingerprint density at radius 1 is 0.875 bits per heavy atom. The molecule has 3 aromatic rings. The van der Waals surface area contributed by atoms with Gasteiger partial charge in [-0.05, 0) is 52.6 Å². The molecule has 0 spiro atoms. The van der Waals surface area contributed by atoms with Gasteiger partial charge in [0, 0.05) is 38.5 Å². The fourth-order valence-corrected chi connectivity index (χ4v) is 3.35. The van der Waals surface area contributed by atoms with Crippen LogP contribution in [0.5, 0.6) is 0 Å². The van der Waals surface area contributed by atoms with Crippen LogP contribution in [0.2, 0.25) is 0 Å². The van der Waals surface area contributed by atoms with E-state index in [1.165, 1.54) is 13.2 Å². The maximum absolute atomic E-state index is 12.4. The highest BCUT2D eigenvalue weighted by atomic mass is 16.5. The molecule has 32 heavy (non-hydrogen) atoms. The van der Waals surface area contributed by atoms with E-state index in [1.54, 1.807) is 17.9 Å². The van der Waals surface area contributed by atoms with E-state index in [1.807, 2.05) is 50.5 Å². The lowest BCUT2D eigenvalue weighted by atomic mass is 10.0. The zero-order chi connectivity index (χ0) is 23.1. The molecule has 0 heterocycles. The lowest BCUT2D eigenvalue weighted by Gasteiger charge is -2.22. The van der Waals surface area contributed by atoms with Crippen molar-refractivity contribution >= 4 is 29.3 Å². The zero-order valence-corrected chi connectivity index (χ0v) is 18.9. The van der Waals surface area contributed by atoms with Gasteiger partial charge in [-0.1, -0.05) is 48.5 Å². The number of carbonyl (C=O) groups is 2. The first-order valence-corrected chi connectivity index (χ1v) is 10.4. The zero-order valence-electron chi connectivity index (χ0n) is 18.9. The van der Waals surface area contributed by atoms with Crippen LogP contribution in [0.4, 0.5) is 11.4 Å². The van der Waals surface area contributed by atoms with Crippen LogP contribution >= 0.6 is 0 Å². The molecule has 0 radical (unpaired) electrons. The monoisotopic (exact) mass is 428 g/mol. The fourth-order valence-electron chi connectivity index (χ4n) is 3.35. The lowest BCUT2D eigenvalue weighted by molar-refractivity contribution is -0.134. The van der Waals surface area contributed by atoms with Gasteiger partial charge in [0.15, 0.2) is 0 Å². The number of ether oxygens (including phenoxy) is 1. The van der Waals surface area contributed by atoms with Crippen molar-refractivity contribution in [1.82, 2.24) is 0 Å². The van der Waals surface area contributed by atoms with E-state index in [9.17, 15) is 9.59 Å². The minimum Gasteiger partial charge on any atom is -0.466 e. The normalized spacial score (nSPS) is 10.8. The number of anilines is 2. The smallest absolute Gasteiger partial charge is 0.330 e. The molecule has 0 aliphatic rings. The molecule has 5 heteroatoms. The van der Waals surface area contributed by atoms with Gasteiger partial charge < -0.3 is 14.5 Å². The topological polar surface area (TPSA) is 49.9 Å². The quantitative estimate of drug-likeness (QED) is 0.385. The molecule has 0 aliphatic carbocycles. The van der Waals surface area contributed by atoms with Gasteiger partial charge in [0.1, 0.15) is 0 Å². The predicted octanol–water partition coefficient (Wildman–Crippen LogP) is 5.16. The Balaban J connectivity index is 1.77. The van der Waals surface area contributed by atoms with Crippen LogP contribution in [-0.4, -0.2) is 33.1 Å². The number of amides is 1. The molecule has 0 aromatic heterocycles. The highest BCUT2D eigenvalue weighted by molar-refractivity contribution is 5.92. The fraction of sp³-hybridized carbons (Fsp3) is 0.185. The third-order valence-electron chi connectivity index (χ3n) is 5.19. The minimum absolute atomic E-state index is 0.0533. The predicted molar refractivity (Wildman–Crippen MR) is 131 cm³/mol. The molecule has 0 saturated carbocycles. The van der Waals surface area contributed by atoms with Crippen LogP contribution in [0.3, 0.4) is 0 Å². The number of nitrogens with zero attached hydrogens (tertiary/aromatic N) is 2. The summed E-state index contributed by atoms with van der Waals surface area (Å²) in [5.74, 6) is -0.474. The first-order valence-electron chi connectivity index (χ1n) is 10.4. The molecule has 0 saturated heterocycles. The first kappa shape index (κ1) is 22.8. The van der Waals surface area contributed by atoms with Crippen molar-refractivity contribution in [2.45, 2.75) is 13.5 Å². The molecule has 5 nitrogen and oxygen atoms in total. The summed E-state index contributed by atoms with van der Waals surface area (Å²) in [5, 5.41) is 0. The molecular weight excluding hydrogens is 400 g/mol. The van der Waals surface area contributed by atoms with Gasteiger partial charge in [0.25, 0.3) is 0 Å². The highest BCUT2D eigenvalue weighted by Gasteiger charge is 2.13. The molecule has 1 amide bonds. The summed E-state index contributed by atoms with van der Waals surface area (Å²) in [6.07, 6.45) is 3.03. The second-order valence-electron chi connectivity index (χ2n) is 7.69. The third-order valence-corrected chi connectivity index (χ3v) is 5.19. The Bertz CT molecular complexity index is 1100. The number of benzene rings is 3. The van der Waals surface area contributed by atoms with E-state index in [0.29, 0.717) is 6.54 Å². The van der Waals surface area contributed by atoms with Gasteiger partial charge in [0.05, 0.1) is 13.7 Å². The number of esters is 1. The van der Waals surface area contributed by atoms with Crippen molar-refractivity contribution in [3.63, 3.8) is 0 Å². The first-order chi connectivity index (χ1) is 15.4. The second-order valence-corrected chi connectivity index (χ2v) is 7.69. The number of rotatable bonds is 7. The maximum Gasteiger partial charge on any atom is 0.330 e. The molecule has 0 fully saturated rings. The minimum atomic E-state index is -0.421. The molecule has 3 aromatic carbocycles. The van der Waals surface area contributed by atoms with Gasteiger partial charge in [-0.25, -0.2) is 4.79 Å². The molecule has 0 N–H and O–H groups in total. The Kier molecular flexibility index (Phi) is 7.45. The number of hydrogen-bond acceptors (Lipinski definition) is 4. The van der Waals surface area contributed by atoms with Crippen LogP contribution in [0, 0.1) is 0 Å². The van der Waals surface area contributed by atoms with Gasteiger partial charge in [0.2, 0.25) is 5.91 Å². The van der Waals surface area contributed by atoms with Crippen molar-refractivity contribution < 1.29 is 14.3 Å². The highest BCUT2D eigenvalue weighted by Crippen LogP contribution is 2.25. The summed E-state index contributed by atoms with van der Waals surface area (Å²) in [5.41, 5.74) is 6.05. The molecule has 0 bridgehead atoms. The van der Waals surface area contributed by atoms with Crippen molar-refractivity contribution in [3.05, 3.63) is 90.0 Å². The standard InChI is InChI=1S/C27H28N2O3/c1-20(30)29(26-7-5-6-21(18-26)10-17-27(31)32-4)19-22-8-11-23(12-9-22)24-13-15-25(16-14-24)28(2)3/h5-18H,19H2,1-4H3. The lowest BCUT2D eigenvalue weighted by Crippen LogP contribution is -2.27. The largest absolute Gasteiger partial charge is 0.466 e. The van der Waals surface area contributed by atoms with Gasteiger partial charge in [-0.3, -0.25) is 4.79 Å². The van der Waals surface area contributed by atoms with E-state index in [-0.39, 0.29) is 5.91 Å². The maximum atomic E-state index is 12.4. The summed E-state index contributed by atoms with van der Waals surface area (Å²) in [6.45, 7) is 2.01. The molecule has 164 valence electrons. The van der Waals surface area contributed by atoms with E-state index < -0.39 is 5.97 Å². The van der Waals surface area contributed by atoms with E-state index >= 15 is 0 Å². The van der Waals surface area contributed by atoms with Crippen molar-refractivity contribution in [2.75, 3.05) is 31.0 Å². The molecule has 0 atom stereocenters. The Morgan fingerprint density at radius 3 is 2.06 bits per heavy atom. The van der Waals surface area contributed by atoms with Gasteiger partial charge in [-0.2, -0.15) is 0 Å². The van der Waals surface area contributed by atoms with E-state index in [0.717, 1.165) is 33.6 Å². The summed E-state index contributed by atoms with van der Waals surface area (Å²) in [6, 6.07) is 24.2. The average molecular weight is 429 g/mol. The van der Waals surface area contributed by atoms with E-state index in [2.05, 4.69) is 46.0 Å². The SMILES string of the molecule is COC(=O)C=Cc1cccc(N(Cc2ccc(-c3ccc(N(C)C)cc3)cc2)C(C)=O)c1. The van der Waals surface area contributed by atoms with E-state index in [4.69, 9.17) is 0 Å². The molecule has 0 aliphatic heterocycles. The molecular formula is C27H28N2O3. The molecule has 0 unspecified atom stereocenters. The Labute approximate surface area is 189 Å². The summed E-state index contributed by atoms with van der Waals surface area (Å²) in [4.78, 5) is 27.5. The van der Waals surface area contributed by atoms with Crippen LogP contribution in [-0.2, 0) is 20.9 Å². The Hall–Kier alpha value is -3.86. The van der Waals surface area contributed by atoms with Gasteiger partial charge in [-0.15, -0.1) is 0 Å². The van der Waals surface area contributed by atoms with Crippen molar-refractivity contribution in [2.24, 2.45) is 0 Å². The third kappa shape index (κ3) is 5.85. The number of hydrogen-bond donors (Lipinski definition) is 0. The van der Waals surface area contributed by atoms with Crippen molar-refractivity contribution in [3.8, 4) is 11.1 Å². The number of carbonyl (C=O) groups excluding carboxylic acids is 2. The van der Waals surface area contributed by atoms with Crippen molar-refractivity contribution in [1.29, 1.82) is 0 Å². The molecule has 3 rings (SSSR count). The summed E-state index contributed by atoms with van der Waals surface area (Å²) < 4.78 is 4.63. The second kappa shape index (κ2) is 10.4. The average Bonchev–Trinajstić information content (AvgIpc) is 2.81. The van der Waals surface area contributed by atoms with Gasteiger partial charge >= 0.3 is 5.97 Å². The number of methoxy groups -OCH3 is 1. The summed E-state index contributed by atoms with van der Waals surface area (Å²) in [7, 11) is 5.38. The van der Waals surface area contributed by atoms with Crippen LogP contribution in [0.1, 0.15) is 18.1 Å². The Morgan fingerprint density at radius 2 is 1.50 bits per heavy atom. The van der Waals surface area contributed by atoms with Crippen LogP contribution in [0.15, 0.2) is 78.9 Å². The summed E-state index contributed by atoms with van der Waals surface area (Å²) >= 11 is 0.